The number of benzene rings is 1. The Morgan fingerprint density at radius 2 is 2.24 bits per heavy atom. The Morgan fingerprint density at radius 3 is 2.90 bits per heavy atom. The number of carbonyl (C=O) groups excluding carboxylic acids is 1. The number of piperazine rings is 1. The molecule has 0 spiro atoms. The highest BCUT2D eigenvalue weighted by molar-refractivity contribution is 5.94. The quantitative estimate of drug-likeness (QED) is 0.645. The van der Waals surface area contributed by atoms with Crippen LogP contribution in [0.25, 0.3) is 0 Å². The summed E-state index contributed by atoms with van der Waals surface area (Å²) in [5.41, 5.74) is 0.152. The predicted molar refractivity (Wildman–Crippen MR) is 82.9 cm³/mol. The third kappa shape index (κ3) is 4.66. The number of rotatable bonds is 4. The van der Waals surface area contributed by atoms with Gasteiger partial charge in [-0.05, 0) is 13.0 Å². The molecule has 0 aliphatic carbocycles. The van der Waals surface area contributed by atoms with Crippen molar-refractivity contribution in [3.63, 3.8) is 0 Å². The van der Waals surface area contributed by atoms with Crippen LogP contribution < -0.4 is 10.6 Å². The Labute approximate surface area is 129 Å². The number of nitro benzene ring substituents is 1. The van der Waals surface area contributed by atoms with Gasteiger partial charge in [-0.3, -0.25) is 19.8 Å². The number of carbonyl (C=O) groups is 1. The summed E-state index contributed by atoms with van der Waals surface area (Å²) in [6, 6.07) is 6.43. The third-order valence-electron chi connectivity index (χ3n) is 3.36. The summed E-state index contributed by atoms with van der Waals surface area (Å²) in [6.45, 7) is 4.78. The second-order valence-electron chi connectivity index (χ2n) is 4.85. The molecule has 1 atom stereocenters. The van der Waals surface area contributed by atoms with Gasteiger partial charge in [-0.25, -0.2) is 0 Å². The maximum atomic E-state index is 12.0. The number of nitrogens with zero attached hydrogens (tertiary/aromatic N) is 2. The lowest BCUT2D eigenvalue weighted by Crippen LogP contribution is -2.52. The van der Waals surface area contributed by atoms with E-state index in [-0.39, 0.29) is 42.3 Å². The molecule has 0 aromatic heterocycles. The monoisotopic (exact) mass is 314 g/mol. The van der Waals surface area contributed by atoms with E-state index in [1.807, 2.05) is 6.92 Å². The maximum absolute atomic E-state index is 12.0. The van der Waals surface area contributed by atoms with Crippen LogP contribution in [0.2, 0.25) is 0 Å². The van der Waals surface area contributed by atoms with Crippen molar-refractivity contribution >= 4 is 29.7 Å². The van der Waals surface area contributed by atoms with Crippen molar-refractivity contribution in [1.82, 2.24) is 10.2 Å². The van der Waals surface area contributed by atoms with Crippen LogP contribution in [0.3, 0.4) is 0 Å². The van der Waals surface area contributed by atoms with Gasteiger partial charge >= 0.3 is 0 Å². The minimum Gasteiger partial charge on any atom is -0.319 e. The van der Waals surface area contributed by atoms with Gasteiger partial charge in [-0.15, -0.1) is 12.4 Å². The van der Waals surface area contributed by atoms with Crippen molar-refractivity contribution < 1.29 is 9.72 Å². The van der Waals surface area contributed by atoms with Crippen molar-refractivity contribution in [2.45, 2.75) is 13.0 Å². The number of anilines is 1. The molecule has 0 radical (unpaired) electrons. The van der Waals surface area contributed by atoms with Crippen LogP contribution in [0, 0.1) is 10.1 Å². The predicted octanol–water partition coefficient (Wildman–Crippen LogP) is 1.25. The van der Waals surface area contributed by atoms with E-state index in [0.717, 1.165) is 19.6 Å². The minimum absolute atomic E-state index is 0. The zero-order valence-corrected chi connectivity index (χ0v) is 12.6. The lowest BCUT2D eigenvalue weighted by atomic mass is 10.2. The number of amides is 1. The second-order valence-corrected chi connectivity index (χ2v) is 4.85. The number of hydrogen-bond acceptors (Lipinski definition) is 5. The largest absolute Gasteiger partial charge is 0.319 e. The number of halogens is 1. The number of hydrogen-bond donors (Lipinski definition) is 2. The molecule has 2 rings (SSSR count). The molecule has 1 heterocycles. The first-order valence-corrected chi connectivity index (χ1v) is 6.56. The maximum Gasteiger partial charge on any atom is 0.292 e. The van der Waals surface area contributed by atoms with Gasteiger partial charge in [0.05, 0.1) is 11.5 Å². The van der Waals surface area contributed by atoms with Gasteiger partial charge in [0.1, 0.15) is 5.69 Å². The fourth-order valence-corrected chi connectivity index (χ4v) is 2.23. The molecule has 1 aromatic carbocycles. The Kier molecular flexibility index (Phi) is 6.54. The average Bonchev–Trinajstić information content (AvgIpc) is 2.41. The van der Waals surface area contributed by atoms with Gasteiger partial charge in [0.15, 0.2) is 0 Å². The average molecular weight is 315 g/mol. The van der Waals surface area contributed by atoms with Crippen molar-refractivity contribution in [3.8, 4) is 0 Å². The van der Waals surface area contributed by atoms with E-state index in [2.05, 4.69) is 15.5 Å². The van der Waals surface area contributed by atoms with Crippen molar-refractivity contribution in [2.24, 2.45) is 0 Å². The van der Waals surface area contributed by atoms with Gasteiger partial charge in [0, 0.05) is 31.7 Å². The van der Waals surface area contributed by atoms with E-state index in [0.29, 0.717) is 0 Å². The van der Waals surface area contributed by atoms with E-state index in [1.165, 1.54) is 12.1 Å². The molecule has 1 aromatic rings. The lowest BCUT2D eigenvalue weighted by molar-refractivity contribution is -0.383. The number of para-hydroxylation sites is 2. The first-order chi connectivity index (χ1) is 9.58. The van der Waals surface area contributed by atoms with Crippen molar-refractivity contribution in [2.75, 3.05) is 31.5 Å². The molecular formula is C13H19ClN4O3. The standard InChI is InChI=1S/C13H18N4O3.ClH/c1-10-8-14-6-7-16(10)9-13(18)15-11-4-2-3-5-12(11)17(19)20;/h2-5,10,14H,6-9H2,1H3,(H,15,18);1H/t10-;/m1./s1. The molecule has 1 amide bonds. The zero-order chi connectivity index (χ0) is 14.5. The van der Waals surface area contributed by atoms with E-state index < -0.39 is 4.92 Å². The summed E-state index contributed by atoms with van der Waals surface area (Å²) in [4.78, 5) is 24.4. The van der Waals surface area contributed by atoms with Crippen molar-refractivity contribution in [3.05, 3.63) is 34.4 Å². The van der Waals surface area contributed by atoms with Crippen LogP contribution >= 0.6 is 12.4 Å². The van der Waals surface area contributed by atoms with Gasteiger partial charge in [-0.2, -0.15) is 0 Å². The second kappa shape index (κ2) is 7.92. The highest BCUT2D eigenvalue weighted by Gasteiger charge is 2.21. The molecule has 8 heteroatoms. The fourth-order valence-electron chi connectivity index (χ4n) is 2.23. The topological polar surface area (TPSA) is 87.5 Å². The first-order valence-electron chi connectivity index (χ1n) is 6.56. The molecule has 0 unspecified atom stereocenters. The molecule has 0 saturated carbocycles. The van der Waals surface area contributed by atoms with E-state index in [4.69, 9.17) is 0 Å². The first kappa shape index (κ1) is 17.4. The molecule has 2 N–H and O–H groups in total. The molecule has 7 nitrogen and oxygen atoms in total. The molecule has 116 valence electrons. The Bertz CT molecular complexity index is 512. The lowest BCUT2D eigenvalue weighted by Gasteiger charge is -2.33. The number of nitro groups is 1. The molecular weight excluding hydrogens is 296 g/mol. The van der Waals surface area contributed by atoms with Gasteiger partial charge in [0.25, 0.3) is 5.69 Å². The van der Waals surface area contributed by atoms with Crippen LogP contribution in [0.15, 0.2) is 24.3 Å². The molecule has 1 fully saturated rings. The van der Waals surface area contributed by atoms with Crippen LogP contribution in [0.5, 0.6) is 0 Å². The van der Waals surface area contributed by atoms with Gasteiger partial charge in [-0.1, -0.05) is 12.1 Å². The summed E-state index contributed by atoms with van der Waals surface area (Å²) in [7, 11) is 0. The van der Waals surface area contributed by atoms with Crippen LogP contribution in [0.4, 0.5) is 11.4 Å². The van der Waals surface area contributed by atoms with Crippen LogP contribution in [0.1, 0.15) is 6.92 Å². The third-order valence-corrected chi connectivity index (χ3v) is 3.36. The SMILES string of the molecule is C[C@@H]1CNCCN1CC(=O)Nc1ccccc1[N+](=O)[O-].Cl. The molecule has 1 aliphatic rings. The van der Waals surface area contributed by atoms with E-state index in [9.17, 15) is 14.9 Å². The number of nitrogens with one attached hydrogen (secondary N) is 2. The van der Waals surface area contributed by atoms with Crippen LogP contribution in [-0.4, -0.2) is 48.0 Å². The van der Waals surface area contributed by atoms with Gasteiger partial charge < -0.3 is 10.6 Å². The normalized spacial score (nSPS) is 18.6. The molecule has 1 aliphatic heterocycles. The minimum atomic E-state index is -0.497. The highest BCUT2D eigenvalue weighted by atomic mass is 35.5. The molecule has 0 bridgehead atoms. The Balaban J connectivity index is 0.00000220. The van der Waals surface area contributed by atoms with Gasteiger partial charge in [0.2, 0.25) is 5.91 Å². The smallest absolute Gasteiger partial charge is 0.292 e. The summed E-state index contributed by atoms with van der Waals surface area (Å²) in [6.07, 6.45) is 0. The summed E-state index contributed by atoms with van der Waals surface area (Å²) in [5, 5.41) is 16.7. The Hall–Kier alpha value is -1.70. The molecule has 1 saturated heterocycles. The van der Waals surface area contributed by atoms with E-state index >= 15 is 0 Å². The van der Waals surface area contributed by atoms with Crippen molar-refractivity contribution in [1.29, 1.82) is 0 Å². The highest BCUT2D eigenvalue weighted by Crippen LogP contribution is 2.23. The summed E-state index contributed by atoms with van der Waals surface area (Å²) >= 11 is 0. The zero-order valence-electron chi connectivity index (χ0n) is 11.7. The summed E-state index contributed by atoms with van der Waals surface area (Å²) < 4.78 is 0. The molecule has 21 heavy (non-hydrogen) atoms. The van der Waals surface area contributed by atoms with E-state index in [1.54, 1.807) is 12.1 Å². The fraction of sp³-hybridized carbons (Fsp3) is 0.462. The Morgan fingerprint density at radius 1 is 1.52 bits per heavy atom. The van der Waals surface area contributed by atoms with Crippen LogP contribution in [-0.2, 0) is 4.79 Å². The summed E-state index contributed by atoms with van der Waals surface area (Å²) in [5.74, 6) is -0.229.